The van der Waals surface area contributed by atoms with Crippen molar-refractivity contribution >= 4 is 21.7 Å². The molecule has 0 spiro atoms. The molecule has 1 heterocycles. The highest BCUT2D eigenvalue weighted by molar-refractivity contribution is 9.10. The number of halogens is 1. The second-order valence-electron chi connectivity index (χ2n) is 5.21. The average Bonchev–Trinajstić information content (AvgIpc) is 2.88. The molecule has 4 nitrogen and oxygen atoms in total. The third-order valence-corrected chi connectivity index (χ3v) is 4.97. The van der Waals surface area contributed by atoms with Crippen LogP contribution >= 0.6 is 15.9 Å². The van der Waals surface area contributed by atoms with E-state index in [1.165, 1.54) is 29.5 Å². The van der Waals surface area contributed by atoms with Gasteiger partial charge in [-0.25, -0.2) is 0 Å². The Kier molecular flexibility index (Phi) is 3.46. The third kappa shape index (κ3) is 1.92. The van der Waals surface area contributed by atoms with Crippen molar-refractivity contribution in [3.05, 3.63) is 27.4 Å². The number of hydrogen-bond donors (Lipinski definition) is 2. The fourth-order valence-electron chi connectivity index (χ4n) is 3.14. The quantitative estimate of drug-likeness (QED) is 0.880. The van der Waals surface area contributed by atoms with E-state index in [1.54, 1.807) is 13.3 Å². The van der Waals surface area contributed by atoms with E-state index in [1.807, 2.05) is 0 Å². The van der Waals surface area contributed by atoms with E-state index in [-0.39, 0.29) is 0 Å². The molecular formula is C15H18BrN3O. The molecule has 3 rings (SSSR count). The first-order valence-electron chi connectivity index (χ1n) is 6.82. The molecule has 20 heavy (non-hydrogen) atoms. The van der Waals surface area contributed by atoms with Gasteiger partial charge in [0.25, 0.3) is 0 Å². The number of nitrogen functional groups attached to an aromatic ring is 1. The van der Waals surface area contributed by atoms with E-state index in [2.05, 4.69) is 33.1 Å². The van der Waals surface area contributed by atoms with Gasteiger partial charge in [0.2, 0.25) is 0 Å². The molecule has 0 bridgehead atoms. The van der Waals surface area contributed by atoms with Crippen LogP contribution in [0.25, 0.3) is 11.1 Å². The largest absolute Gasteiger partial charge is 0.495 e. The van der Waals surface area contributed by atoms with Crippen molar-refractivity contribution in [2.75, 3.05) is 12.8 Å². The molecule has 0 radical (unpaired) electrons. The number of methoxy groups -OCH3 is 1. The van der Waals surface area contributed by atoms with Gasteiger partial charge in [-0.05, 0) is 65.2 Å². The van der Waals surface area contributed by atoms with Crippen LogP contribution in [0.1, 0.15) is 29.5 Å². The highest BCUT2D eigenvalue weighted by Crippen LogP contribution is 2.46. The summed E-state index contributed by atoms with van der Waals surface area (Å²) in [4.78, 5) is 0. The summed E-state index contributed by atoms with van der Waals surface area (Å²) in [5, 5.41) is 6.84. The Balaban J connectivity index is 2.34. The molecule has 1 aromatic carbocycles. The Morgan fingerprint density at radius 3 is 2.60 bits per heavy atom. The maximum atomic E-state index is 6.00. The number of nitrogens with two attached hydrogens (primary N) is 1. The standard InChI is InChI=1S/C15H18BrN3O/c1-8-9-5-3-4-6-10(9)13(16)14(20-2)12(8)11-7-18-19-15(11)17/h7H,3-6H2,1-2H3,(H3,17,18,19). The van der Waals surface area contributed by atoms with E-state index in [0.717, 1.165) is 34.2 Å². The number of fused-ring (bicyclic) bond motifs is 1. The number of aromatic nitrogens is 2. The first kappa shape index (κ1) is 13.5. The molecule has 0 saturated heterocycles. The maximum absolute atomic E-state index is 6.00. The van der Waals surface area contributed by atoms with Crippen LogP contribution in [-0.4, -0.2) is 17.3 Å². The fourth-order valence-corrected chi connectivity index (χ4v) is 3.94. The van der Waals surface area contributed by atoms with Crippen LogP contribution in [-0.2, 0) is 12.8 Å². The zero-order valence-electron chi connectivity index (χ0n) is 11.7. The summed E-state index contributed by atoms with van der Waals surface area (Å²) in [6, 6.07) is 0. The summed E-state index contributed by atoms with van der Waals surface area (Å²) >= 11 is 3.73. The van der Waals surface area contributed by atoms with Gasteiger partial charge >= 0.3 is 0 Å². The van der Waals surface area contributed by atoms with Crippen molar-refractivity contribution in [3.63, 3.8) is 0 Å². The molecular weight excluding hydrogens is 318 g/mol. The number of benzene rings is 1. The Labute approximate surface area is 126 Å². The van der Waals surface area contributed by atoms with Crippen LogP contribution in [0.2, 0.25) is 0 Å². The van der Waals surface area contributed by atoms with Gasteiger partial charge in [-0.2, -0.15) is 5.10 Å². The Bertz CT molecular complexity index is 664. The SMILES string of the molecule is COc1c(Br)c2c(c(C)c1-c1cn[nH]c1N)CCCC2. The van der Waals surface area contributed by atoms with Gasteiger partial charge in [-0.15, -0.1) is 0 Å². The van der Waals surface area contributed by atoms with E-state index >= 15 is 0 Å². The minimum absolute atomic E-state index is 0.578. The second kappa shape index (κ2) is 5.13. The van der Waals surface area contributed by atoms with Crippen molar-refractivity contribution < 1.29 is 4.74 Å². The summed E-state index contributed by atoms with van der Waals surface area (Å²) in [7, 11) is 1.70. The second-order valence-corrected chi connectivity index (χ2v) is 6.00. The average molecular weight is 336 g/mol. The van der Waals surface area contributed by atoms with Crippen molar-refractivity contribution in [2.45, 2.75) is 32.6 Å². The van der Waals surface area contributed by atoms with Crippen LogP contribution < -0.4 is 10.5 Å². The van der Waals surface area contributed by atoms with Crippen molar-refractivity contribution in [1.29, 1.82) is 0 Å². The molecule has 1 aliphatic carbocycles. The topological polar surface area (TPSA) is 63.9 Å². The number of hydrogen-bond acceptors (Lipinski definition) is 3. The van der Waals surface area contributed by atoms with Gasteiger partial charge in [-0.3, -0.25) is 5.10 Å². The van der Waals surface area contributed by atoms with E-state index in [0.29, 0.717) is 5.82 Å². The Hall–Kier alpha value is -1.49. The predicted octanol–water partition coefficient (Wildman–Crippen LogP) is 3.62. The van der Waals surface area contributed by atoms with Gasteiger partial charge in [0, 0.05) is 11.1 Å². The van der Waals surface area contributed by atoms with Gasteiger partial charge in [-0.1, -0.05) is 0 Å². The first-order chi connectivity index (χ1) is 9.65. The molecule has 0 fully saturated rings. The summed E-state index contributed by atoms with van der Waals surface area (Å²) in [5.74, 6) is 1.44. The molecule has 1 aliphatic rings. The molecule has 0 amide bonds. The number of aromatic amines is 1. The molecule has 0 atom stereocenters. The smallest absolute Gasteiger partial charge is 0.141 e. The van der Waals surface area contributed by atoms with Crippen LogP contribution in [0.4, 0.5) is 5.82 Å². The Morgan fingerprint density at radius 2 is 2.00 bits per heavy atom. The fraction of sp³-hybridized carbons (Fsp3) is 0.400. The number of rotatable bonds is 2. The van der Waals surface area contributed by atoms with Crippen molar-refractivity contribution in [1.82, 2.24) is 10.2 Å². The van der Waals surface area contributed by atoms with Crippen molar-refractivity contribution in [2.24, 2.45) is 0 Å². The highest BCUT2D eigenvalue weighted by Gasteiger charge is 2.25. The zero-order chi connectivity index (χ0) is 14.3. The molecule has 0 unspecified atom stereocenters. The molecule has 2 aromatic rings. The lowest BCUT2D eigenvalue weighted by Crippen LogP contribution is -2.09. The zero-order valence-corrected chi connectivity index (χ0v) is 13.3. The van der Waals surface area contributed by atoms with Crippen LogP contribution in [0, 0.1) is 6.92 Å². The monoisotopic (exact) mass is 335 g/mol. The Morgan fingerprint density at radius 1 is 1.30 bits per heavy atom. The molecule has 0 saturated carbocycles. The lowest BCUT2D eigenvalue weighted by atomic mass is 9.84. The van der Waals surface area contributed by atoms with Gasteiger partial charge < -0.3 is 10.5 Å². The minimum atomic E-state index is 0.578. The van der Waals surface area contributed by atoms with Crippen LogP contribution in [0.15, 0.2) is 10.7 Å². The van der Waals surface area contributed by atoms with Gasteiger partial charge in [0.05, 0.1) is 17.8 Å². The molecule has 106 valence electrons. The lowest BCUT2D eigenvalue weighted by Gasteiger charge is -2.25. The summed E-state index contributed by atoms with van der Waals surface area (Å²) in [6.07, 6.45) is 6.47. The highest BCUT2D eigenvalue weighted by atomic mass is 79.9. The lowest BCUT2D eigenvalue weighted by molar-refractivity contribution is 0.412. The van der Waals surface area contributed by atoms with Gasteiger partial charge in [0.1, 0.15) is 11.6 Å². The molecule has 1 aromatic heterocycles. The number of H-pyrrole nitrogens is 1. The maximum Gasteiger partial charge on any atom is 0.141 e. The summed E-state index contributed by atoms with van der Waals surface area (Å²) in [6.45, 7) is 2.15. The molecule has 3 N–H and O–H groups in total. The van der Waals surface area contributed by atoms with Crippen LogP contribution in [0.3, 0.4) is 0 Å². The molecule has 5 heteroatoms. The summed E-state index contributed by atoms with van der Waals surface area (Å²) < 4.78 is 6.72. The number of nitrogens with zero attached hydrogens (tertiary/aromatic N) is 1. The number of anilines is 1. The minimum Gasteiger partial charge on any atom is -0.495 e. The van der Waals surface area contributed by atoms with Crippen molar-refractivity contribution in [3.8, 4) is 16.9 Å². The predicted molar refractivity (Wildman–Crippen MR) is 84.1 cm³/mol. The first-order valence-corrected chi connectivity index (χ1v) is 7.61. The third-order valence-electron chi connectivity index (χ3n) is 4.13. The van der Waals surface area contributed by atoms with Gasteiger partial charge in [0.15, 0.2) is 0 Å². The van der Waals surface area contributed by atoms with E-state index in [9.17, 15) is 0 Å². The summed E-state index contributed by atoms with van der Waals surface area (Å²) in [5.41, 5.74) is 12.0. The van der Waals surface area contributed by atoms with E-state index in [4.69, 9.17) is 10.5 Å². The normalized spacial score (nSPS) is 14.2. The molecule has 0 aliphatic heterocycles. The number of nitrogens with one attached hydrogen (secondary N) is 1. The van der Waals surface area contributed by atoms with E-state index < -0.39 is 0 Å². The van der Waals surface area contributed by atoms with Crippen LogP contribution in [0.5, 0.6) is 5.75 Å². The number of ether oxygens (including phenoxy) is 1.